The first kappa shape index (κ1) is 25.3. The Hall–Kier alpha value is -2.29. The largest absolute Gasteiger partial charge is 0.491 e. The molecule has 0 amide bonds. The molecule has 1 fully saturated rings. The lowest BCUT2D eigenvalue weighted by Gasteiger charge is -2.34. The number of ether oxygens (including phenoxy) is 2. The maximum Gasteiger partial charge on any atom is 0.416 e. The molecule has 5 nitrogen and oxygen atoms in total. The maximum atomic E-state index is 13.0. The van der Waals surface area contributed by atoms with Crippen LogP contribution in [-0.4, -0.2) is 63.8 Å². The van der Waals surface area contributed by atoms with E-state index in [1.807, 2.05) is 23.1 Å². The Bertz CT molecular complexity index is 868. The highest BCUT2D eigenvalue weighted by molar-refractivity contribution is 5.49. The first-order valence-electron chi connectivity index (χ1n) is 11.5. The van der Waals surface area contributed by atoms with Crippen molar-refractivity contribution in [2.75, 3.05) is 57.4 Å². The van der Waals surface area contributed by atoms with Gasteiger partial charge < -0.3 is 24.4 Å². The van der Waals surface area contributed by atoms with Crippen LogP contribution in [0.2, 0.25) is 0 Å². The fourth-order valence-electron chi connectivity index (χ4n) is 4.08. The van der Waals surface area contributed by atoms with E-state index in [0.29, 0.717) is 44.5 Å². The van der Waals surface area contributed by atoms with Crippen LogP contribution in [0.15, 0.2) is 48.5 Å². The maximum absolute atomic E-state index is 13.0. The molecule has 0 saturated carbocycles. The number of alkyl halides is 3. The van der Waals surface area contributed by atoms with Gasteiger partial charge in [0.1, 0.15) is 25.0 Å². The van der Waals surface area contributed by atoms with Gasteiger partial charge in [-0.15, -0.1) is 0 Å². The number of nitrogens with zero attached hydrogens (tertiary/aromatic N) is 1. The van der Waals surface area contributed by atoms with Crippen LogP contribution in [0.25, 0.3) is 0 Å². The molecule has 1 aliphatic heterocycles. The summed E-state index contributed by atoms with van der Waals surface area (Å²) in [5.74, 6) is 1.24. The standard InChI is InChI=1S/C25H33F3N2O3/c1-19(2)23-8-3-4-9-24(23)33-15-14-32-18-22(31)17-29-10-12-30(13-11-29)21-7-5-6-20(16-21)25(26,27)28/h3-9,16,19,22,31H,10-15,17-18H2,1-2H3/p+1/t22-/m1/s1. The summed E-state index contributed by atoms with van der Waals surface area (Å²) in [6.45, 7) is 8.63. The van der Waals surface area contributed by atoms with E-state index in [9.17, 15) is 18.3 Å². The summed E-state index contributed by atoms with van der Waals surface area (Å²) >= 11 is 0. The first-order valence-corrected chi connectivity index (χ1v) is 11.5. The van der Waals surface area contributed by atoms with Crippen molar-refractivity contribution in [1.29, 1.82) is 0 Å². The van der Waals surface area contributed by atoms with Gasteiger partial charge in [0.25, 0.3) is 0 Å². The van der Waals surface area contributed by atoms with Gasteiger partial charge in [0.05, 0.1) is 45.0 Å². The molecule has 1 saturated heterocycles. The molecule has 3 rings (SSSR count). The molecule has 2 aromatic carbocycles. The molecule has 0 bridgehead atoms. The van der Waals surface area contributed by atoms with E-state index in [1.54, 1.807) is 6.07 Å². The minimum absolute atomic E-state index is 0.232. The molecule has 0 spiro atoms. The molecule has 8 heteroatoms. The zero-order valence-electron chi connectivity index (χ0n) is 19.3. The normalized spacial score (nSPS) is 16.3. The van der Waals surface area contributed by atoms with Crippen molar-refractivity contribution in [2.24, 2.45) is 0 Å². The molecule has 0 unspecified atom stereocenters. The predicted octanol–water partition coefficient (Wildman–Crippen LogP) is 2.99. The Kier molecular flexibility index (Phi) is 9.00. The number of rotatable bonds is 10. The number of halogens is 3. The fourth-order valence-corrected chi connectivity index (χ4v) is 4.08. The zero-order valence-corrected chi connectivity index (χ0v) is 19.3. The highest BCUT2D eigenvalue weighted by Crippen LogP contribution is 2.31. The van der Waals surface area contributed by atoms with Crippen LogP contribution in [0, 0.1) is 0 Å². The van der Waals surface area contributed by atoms with Gasteiger partial charge in [-0.3, -0.25) is 0 Å². The second kappa shape index (κ2) is 11.7. The number of aliphatic hydroxyl groups is 1. The van der Waals surface area contributed by atoms with Gasteiger partial charge in [-0.2, -0.15) is 13.2 Å². The summed E-state index contributed by atoms with van der Waals surface area (Å²) in [4.78, 5) is 3.19. The monoisotopic (exact) mass is 467 g/mol. The van der Waals surface area contributed by atoms with E-state index < -0.39 is 17.8 Å². The first-order chi connectivity index (χ1) is 15.7. The number of anilines is 1. The van der Waals surface area contributed by atoms with Crippen LogP contribution in [-0.2, 0) is 10.9 Å². The third-order valence-electron chi connectivity index (χ3n) is 5.87. The van der Waals surface area contributed by atoms with Crippen LogP contribution in [0.1, 0.15) is 30.9 Å². The summed E-state index contributed by atoms with van der Waals surface area (Å²) in [5, 5.41) is 10.3. The van der Waals surface area contributed by atoms with Gasteiger partial charge in [0.2, 0.25) is 0 Å². The lowest BCUT2D eigenvalue weighted by Crippen LogP contribution is -3.16. The lowest BCUT2D eigenvalue weighted by atomic mass is 10.0. The number of piperazine rings is 1. The second-order valence-electron chi connectivity index (χ2n) is 8.76. The molecule has 2 aromatic rings. The van der Waals surface area contributed by atoms with Gasteiger partial charge in [0, 0.05) is 5.69 Å². The lowest BCUT2D eigenvalue weighted by molar-refractivity contribution is -0.903. The average molecular weight is 468 g/mol. The van der Waals surface area contributed by atoms with E-state index in [0.717, 1.165) is 30.5 Å². The molecular formula is C25H34F3N2O3+. The van der Waals surface area contributed by atoms with E-state index in [4.69, 9.17) is 9.47 Å². The van der Waals surface area contributed by atoms with Crippen molar-refractivity contribution in [3.05, 3.63) is 59.7 Å². The molecule has 0 aromatic heterocycles. The predicted molar refractivity (Wildman–Crippen MR) is 122 cm³/mol. The summed E-state index contributed by atoms with van der Waals surface area (Å²) in [6.07, 6.45) is -4.93. The molecule has 2 N–H and O–H groups in total. The van der Waals surface area contributed by atoms with Crippen molar-refractivity contribution in [3.8, 4) is 5.75 Å². The number of hydrogen-bond acceptors (Lipinski definition) is 4. The SMILES string of the molecule is CC(C)c1ccccc1OCCOC[C@H](O)C[NH+]1CCN(c2cccc(C(F)(F)F)c2)CC1. The number of benzene rings is 2. The zero-order chi connectivity index (χ0) is 23.8. The van der Waals surface area contributed by atoms with Crippen LogP contribution in [0.5, 0.6) is 5.75 Å². The molecular weight excluding hydrogens is 433 g/mol. The van der Waals surface area contributed by atoms with Crippen LogP contribution < -0.4 is 14.5 Å². The van der Waals surface area contributed by atoms with Gasteiger partial charge in [-0.05, 0) is 35.7 Å². The molecule has 1 atom stereocenters. The third kappa shape index (κ3) is 7.62. The number of para-hydroxylation sites is 1. The quantitative estimate of drug-likeness (QED) is 0.528. The van der Waals surface area contributed by atoms with Crippen LogP contribution >= 0.6 is 0 Å². The summed E-state index contributed by atoms with van der Waals surface area (Å²) in [7, 11) is 0. The molecule has 33 heavy (non-hydrogen) atoms. The molecule has 182 valence electrons. The summed E-state index contributed by atoms with van der Waals surface area (Å²) in [6, 6.07) is 13.4. The van der Waals surface area contributed by atoms with Crippen molar-refractivity contribution in [3.63, 3.8) is 0 Å². The Morgan fingerprint density at radius 2 is 1.76 bits per heavy atom. The van der Waals surface area contributed by atoms with Crippen molar-refractivity contribution in [1.82, 2.24) is 0 Å². The van der Waals surface area contributed by atoms with Crippen molar-refractivity contribution < 1.29 is 32.7 Å². The highest BCUT2D eigenvalue weighted by Gasteiger charge is 2.31. The van der Waals surface area contributed by atoms with E-state index >= 15 is 0 Å². The average Bonchev–Trinajstić information content (AvgIpc) is 2.79. The topological polar surface area (TPSA) is 46.4 Å². The van der Waals surface area contributed by atoms with E-state index in [1.165, 1.54) is 17.0 Å². The Morgan fingerprint density at radius 1 is 1.03 bits per heavy atom. The molecule has 1 aliphatic rings. The van der Waals surface area contributed by atoms with Crippen molar-refractivity contribution >= 4 is 5.69 Å². The van der Waals surface area contributed by atoms with Gasteiger partial charge >= 0.3 is 6.18 Å². The minimum Gasteiger partial charge on any atom is -0.491 e. The smallest absolute Gasteiger partial charge is 0.416 e. The Labute approximate surface area is 193 Å². The van der Waals surface area contributed by atoms with Crippen LogP contribution in [0.4, 0.5) is 18.9 Å². The van der Waals surface area contributed by atoms with Gasteiger partial charge in [-0.1, -0.05) is 38.1 Å². The number of nitrogens with one attached hydrogen (secondary N) is 1. The van der Waals surface area contributed by atoms with Gasteiger partial charge in [0.15, 0.2) is 0 Å². The summed E-state index contributed by atoms with van der Waals surface area (Å²) < 4.78 is 50.3. The number of quaternary nitrogens is 1. The Balaban J connectivity index is 1.34. The molecule has 1 heterocycles. The fraction of sp³-hybridized carbons (Fsp3) is 0.520. The third-order valence-corrected chi connectivity index (χ3v) is 5.87. The minimum atomic E-state index is -4.34. The Morgan fingerprint density at radius 3 is 2.45 bits per heavy atom. The van der Waals surface area contributed by atoms with Crippen molar-refractivity contribution in [2.45, 2.75) is 32.0 Å². The number of hydrogen-bond donors (Lipinski definition) is 2. The summed E-state index contributed by atoms with van der Waals surface area (Å²) in [5.41, 5.74) is 1.12. The van der Waals surface area contributed by atoms with Gasteiger partial charge in [-0.25, -0.2) is 0 Å². The second-order valence-corrected chi connectivity index (χ2v) is 8.76. The van der Waals surface area contributed by atoms with E-state index in [-0.39, 0.29) is 6.61 Å². The molecule has 0 aliphatic carbocycles. The van der Waals surface area contributed by atoms with E-state index in [2.05, 4.69) is 19.9 Å². The van der Waals surface area contributed by atoms with Crippen LogP contribution in [0.3, 0.4) is 0 Å². The highest BCUT2D eigenvalue weighted by atomic mass is 19.4. The number of aliphatic hydroxyl groups excluding tert-OH is 1. The molecule has 0 radical (unpaired) electrons.